The summed E-state index contributed by atoms with van der Waals surface area (Å²) in [6, 6.07) is 0. The predicted molar refractivity (Wildman–Crippen MR) is 53.6 cm³/mol. The van der Waals surface area contributed by atoms with Gasteiger partial charge in [0.25, 0.3) is 0 Å². The second kappa shape index (κ2) is 11.2. The summed E-state index contributed by atoms with van der Waals surface area (Å²) in [5, 5.41) is 0. The highest BCUT2D eigenvalue weighted by molar-refractivity contribution is 5.81. The van der Waals surface area contributed by atoms with E-state index in [4.69, 9.17) is 0 Å². The molecule has 78 valence electrons. The van der Waals surface area contributed by atoms with Crippen molar-refractivity contribution in [2.75, 3.05) is 13.2 Å². The van der Waals surface area contributed by atoms with E-state index in [1.807, 2.05) is 0 Å². The summed E-state index contributed by atoms with van der Waals surface area (Å²) >= 11 is 0. The van der Waals surface area contributed by atoms with E-state index in [1.54, 1.807) is 0 Å². The fourth-order valence-electron chi connectivity index (χ4n) is 0.402. The Hall–Kier alpha value is -1.84. The Labute approximate surface area is 83.5 Å². The van der Waals surface area contributed by atoms with Crippen LogP contribution in [0.5, 0.6) is 0 Å². The number of esters is 2. The average Bonchev–Trinajstić information content (AvgIpc) is 2.26. The van der Waals surface area contributed by atoms with Crippen molar-refractivity contribution >= 4 is 11.9 Å². The first-order valence-corrected chi connectivity index (χ1v) is 3.79. The molecule has 0 aromatic carbocycles. The zero-order valence-electron chi connectivity index (χ0n) is 8.03. The first kappa shape index (κ1) is 14.7. The van der Waals surface area contributed by atoms with Crippen molar-refractivity contribution in [3.63, 3.8) is 0 Å². The van der Waals surface area contributed by atoms with Gasteiger partial charge in [-0.05, 0) is 0 Å². The first-order valence-electron chi connectivity index (χ1n) is 3.79. The second-order valence-electron chi connectivity index (χ2n) is 1.74. The Bertz CT molecular complexity index is 186. The summed E-state index contributed by atoms with van der Waals surface area (Å²) in [4.78, 5) is 20.9. The fourth-order valence-corrected chi connectivity index (χ4v) is 0.402. The van der Waals surface area contributed by atoms with Gasteiger partial charge in [-0.15, -0.1) is 13.2 Å². The maximum atomic E-state index is 10.4. The van der Waals surface area contributed by atoms with Crippen molar-refractivity contribution < 1.29 is 19.1 Å². The molecule has 0 aromatic rings. The van der Waals surface area contributed by atoms with Crippen molar-refractivity contribution in [3.05, 3.63) is 38.5 Å². The van der Waals surface area contributed by atoms with Crippen LogP contribution in [-0.4, -0.2) is 25.2 Å². The fraction of sp³-hybridized carbons (Fsp3) is 0.200. The summed E-state index contributed by atoms with van der Waals surface area (Å²) in [6.07, 6.45) is 2.07. The number of carbonyl (C=O) groups excluding carboxylic acids is 2. The summed E-state index contributed by atoms with van der Waals surface area (Å²) < 4.78 is 9.04. The molecule has 0 rings (SSSR count). The molecule has 0 amide bonds. The molecule has 0 aliphatic heterocycles. The molecule has 0 spiro atoms. The van der Waals surface area contributed by atoms with Crippen LogP contribution in [0.15, 0.2) is 38.5 Å². The van der Waals surface area contributed by atoms with Gasteiger partial charge < -0.3 is 9.47 Å². The highest BCUT2D eigenvalue weighted by atomic mass is 16.6. The molecule has 14 heavy (non-hydrogen) atoms. The van der Waals surface area contributed by atoms with Crippen molar-refractivity contribution in [2.45, 2.75) is 0 Å². The number of hydrogen-bond donors (Lipinski definition) is 0. The van der Waals surface area contributed by atoms with E-state index < -0.39 is 11.9 Å². The van der Waals surface area contributed by atoms with Crippen LogP contribution in [0.3, 0.4) is 0 Å². The molecule has 0 saturated heterocycles. The molecule has 0 unspecified atom stereocenters. The molecule has 4 heteroatoms. The van der Waals surface area contributed by atoms with Crippen LogP contribution >= 0.6 is 0 Å². The molecule has 0 aliphatic rings. The van der Waals surface area contributed by atoms with Gasteiger partial charge in [0.2, 0.25) is 0 Å². The molecule has 0 N–H and O–H groups in total. The minimum Gasteiger partial charge on any atom is -0.459 e. The second-order valence-corrected chi connectivity index (χ2v) is 1.74. The van der Waals surface area contributed by atoms with E-state index in [9.17, 15) is 9.59 Å². The zero-order valence-corrected chi connectivity index (χ0v) is 8.03. The lowest BCUT2D eigenvalue weighted by Gasteiger charge is -2.01. The molecule has 0 fully saturated rings. The smallest absolute Gasteiger partial charge is 0.330 e. The predicted octanol–water partition coefficient (Wildman–Crippen LogP) is 1.25. The van der Waals surface area contributed by atoms with E-state index in [0.29, 0.717) is 0 Å². The van der Waals surface area contributed by atoms with Crippen LogP contribution in [0.25, 0.3) is 0 Å². The largest absolute Gasteiger partial charge is 0.459 e. The van der Waals surface area contributed by atoms with E-state index >= 15 is 0 Å². The minimum absolute atomic E-state index is 0.0322. The Morgan fingerprint density at radius 1 is 0.929 bits per heavy atom. The molecular weight excluding hydrogens is 184 g/mol. The first-order chi connectivity index (χ1) is 6.70. The van der Waals surface area contributed by atoms with Crippen LogP contribution < -0.4 is 0 Å². The van der Waals surface area contributed by atoms with Crippen LogP contribution in [-0.2, 0) is 19.1 Å². The van der Waals surface area contributed by atoms with Crippen LogP contribution in [0, 0.1) is 0 Å². The van der Waals surface area contributed by atoms with Crippen molar-refractivity contribution in [1.29, 1.82) is 0 Å². The standard InChI is InChI=1S/C8H10O4.C2H4/c1-3-7(9)11-5-6-12-8(10)4-2;1-2/h3-4H,1-2,5-6H2;1-2H2. The number of ether oxygens (including phenoxy) is 2. The van der Waals surface area contributed by atoms with E-state index in [0.717, 1.165) is 12.2 Å². The van der Waals surface area contributed by atoms with Crippen LogP contribution in [0.1, 0.15) is 0 Å². The van der Waals surface area contributed by atoms with Gasteiger partial charge in [-0.2, -0.15) is 0 Å². The maximum absolute atomic E-state index is 10.4. The van der Waals surface area contributed by atoms with Crippen LogP contribution in [0.2, 0.25) is 0 Å². The lowest BCUT2D eigenvalue weighted by molar-refractivity contribution is -0.146. The van der Waals surface area contributed by atoms with E-state index in [1.165, 1.54) is 0 Å². The molecule has 0 aromatic heterocycles. The third-order valence-electron chi connectivity index (χ3n) is 0.905. The van der Waals surface area contributed by atoms with Gasteiger partial charge in [0.05, 0.1) is 0 Å². The third kappa shape index (κ3) is 10.2. The van der Waals surface area contributed by atoms with Crippen molar-refractivity contribution in [1.82, 2.24) is 0 Å². The Kier molecular flexibility index (Phi) is 11.7. The number of rotatable bonds is 5. The van der Waals surface area contributed by atoms with Gasteiger partial charge >= 0.3 is 11.9 Å². The van der Waals surface area contributed by atoms with Gasteiger partial charge in [0, 0.05) is 12.2 Å². The Balaban J connectivity index is 0. The third-order valence-corrected chi connectivity index (χ3v) is 0.905. The molecule has 0 aliphatic carbocycles. The van der Waals surface area contributed by atoms with Crippen molar-refractivity contribution in [2.24, 2.45) is 0 Å². The van der Waals surface area contributed by atoms with E-state index in [-0.39, 0.29) is 13.2 Å². The van der Waals surface area contributed by atoms with Gasteiger partial charge in [0.1, 0.15) is 13.2 Å². The van der Waals surface area contributed by atoms with Gasteiger partial charge in [-0.25, -0.2) is 9.59 Å². The topological polar surface area (TPSA) is 52.6 Å². The molecular formula is C10H14O4. The number of carbonyl (C=O) groups is 2. The summed E-state index contributed by atoms with van der Waals surface area (Å²) in [6.45, 7) is 12.4. The van der Waals surface area contributed by atoms with Gasteiger partial charge in [-0.3, -0.25) is 0 Å². The SMILES string of the molecule is C=C.C=CC(=O)OCCOC(=O)C=C. The lowest BCUT2D eigenvalue weighted by Crippen LogP contribution is -2.10. The monoisotopic (exact) mass is 198 g/mol. The van der Waals surface area contributed by atoms with E-state index in [2.05, 4.69) is 35.8 Å². The number of hydrogen-bond acceptors (Lipinski definition) is 4. The molecule has 0 saturated carbocycles. The summed E-state index contributed by atoms with van der Waals surface area (Å²) in [5.74, 6) is -1.07. The molecule has 0 heterocycles. The van der Waals surface area contributed by atoms with Crippen molar-refractivity contribution in [3.8, 4) is 0 Å². The quantitative estimate of drug-likeness (QED) is 0.289. The summed E-state index contributed by atoms with van der Waals surface area (Å²) in [5.41, 5.74) is 0. The Morgan fingerprint density at radius 3 is 1.43 bits per heavy atom. The molecule has 4 nitrogen and oxygen atoms in total. The molecule has 0 radical (unpaired) electrons. The maximum Gasteiger partial charge on any atom is 0.330 e. The van der Waals surface area contributed by atoms with Gasteiger partial charge in [-0.1, -0.05) is 13.2 Å². The normalized spacial score (nSPS) is 7.43. The highest BCUT2D eigenvalue weighted by Crippen LogP contribution is 1.82. The molecule has 0 atom stereocenters. The molecule has 0 bridgehead atoms. The average molecular weight is 198 g/mol. The zero-order chi connectivity index (χ0) is 11.4. The lowest BCUT2D eigenvalue weighted by atomic mass is 10.6. The summed E-state index contributed by atoms with van der Waals surface area (Å²) in [7, 11) is 0. The minimum atomic E-state index is -0.537. The van der Waals surface area contributed by atoms with Crippen LogP contribution in [0.4, 0.5) is 0 Å². The van der Waals surface area contributed by atoms with Gasteiger partial charge in [0.15, 0.2) is 0 Å². The highest BCUT2D eigenvalue weighted by Gasteiger charge is 1.97. The Morgan fingerprint density at radius 2 is 1.21 bits per heavy atom.